The van der Waals surface area contributed by atoms with Crippen molar-refractivity contribution < 1.29 is 33.8 Å². The molecular weight excluding hydrogens is 562 g/mol. The van der Waals surface area contributed by atoms with Crippen LogP contribution in [-0.4, -0.2) is 70.3 Å². The number of ether oxygens (including phenoxy) is 2. The number of esters is 1. The monoisotopic (exact) mass is 609 g/mol. The van der Waals surface area contributed by atoms with Gasteiger partial charge in [-0.25, -0.2) is 9.59 Å². The van der Waals surface area contributed by atoms with Gasteiger partial charge in [-0.3, -0.25) is 9.59 Å². The first kappa shape index (κ1) is 36.0. The van der Waals surface area contributed by atoms with Gasteiger partial charge in [0, 0.05) is 13.0 Å². The molecule has 0 fully saturated rings. The fourth-order valence-electron chi connectivity index (χ4n) is 4.37. The molecular formula is C34H47N3O7. The summed E-state index contributed by atoms with van der Waals surface area (Å²) in [4.78, 5) is 55.1. The van der Waals surface area contributed by atoms with E-state index in [1.165, 1.54) is 11.0 Å². The van der Waals surface area contributed by atoms with Gasteiger partial charge in [-0.15, -0.1) is 6.58 Å². The van der Waals surface area contributed by atoms with E-state index in [-0.39, 0.29) is 13.0 Å². The van der Waals surface area contributed by atoms with Crippen LogP contribution in [0, 0.1) is 0 Å². The van der Waals surface area contributed by atoms with Crippen LogP contribution in [0.5, 0.6) is 0 Å². The van der Waals surface area contributed by atoms with Crippen molar-refractivity contribution in [2.75, 3.05) is 13.2 Å². The molecule has 3 amide bonds. The Morgan fingerprint density at radius 2 is 1.45 bits per heavy atom. The highest BCUT2D eigenvalue weighted by molar-refractivity contribution is 5.94. The van der Waals surface area contributed by atoms with Crippen molar-refractivity contribution in [3.05, 3.63) is 83.9 Å². The number of amides is 3. The number of carbonyl (C=O) groups is 4. The Balaban J connectivity index is 2.54. The average molecular weight is 610 g/mol. The predicted octanol–water partition coefficient (Wildman–Crippen LogP) is 4.26. The van der Waals surface area contributed by atoms with Gasteiger partial charge in [0.25, 0.3) is 0 Å². The van der Waals surface area contributed by atoms with Gasteiger partial charge >= 0.3 is 12.1 Å². The molecule has 2 aromatic carbocycles. The number of rotatable bonds is 13. The largest absolute Gasteiger partial charge is 0.458 e. The van der Waals surface area contributed by atoms with Crippen molar-refractivity contribution in [3.63, 3.8) is 0 Å². The minimum absolute atomic E-state index is 0.102. The summed E-state index contributed by atoms with van der Waals surface area (Å²) in [5.74, 6) is -2.02. The minimum Gasteiger partial charge on any atom is -0.458 e. The lowest BCUT2D eigenvalue weighted by atomic mass is 9.99. The molecule has 3 atom stereocenters. The molecule has 0 bridgehead atoms. The zero-order valence-corrected chi connectivity index (χ0v) is 26.9. The summed E-state index contributed by atoms with van der Waals surface area (Å²) >= 11 is 0. The van der Waals surface area contributed by atoms with Gasteiger partial charge in [0.05, 0.1) is 6.61 Å². The van der Waals surface area contributed by atoms with Gasteiger partial charge in [0.2, 0.25) is 11.8 Å². The Kier molecular flexibility index (Phi) is 13.1. The molecule has 240 valence electrons. The molecule has 3 unspecified atom stereocenters. The van der Waals surface area contributed by atoms with Gasteiger partial charge in [-0.05, 0) is 64.7 Å². The number of nitrogens with zero attached hydrogens (tertiary/aromatic N) is 1. The molecule has 0 heterocycles. The van der Waals surface area contributed by atoms with Crippen LogP contribution in [0.15, 0.2) is 67.3 Å². The zero-order valence-electron chi connectivity index (χ0n) is 26.9. The molecule has 0 spiro atoms. The summed E-state index contributed by atoms with van der Waals surface area (Å²) < 4.78 is 10.9. The van der Waals surface area contributed by atoms with Gasteiger partial charge in [0.15, 0.2) is 0 Å². The summed E-state index contributed by atoms with van der Waals surface area (Å²) in [5.41, 5.74) is 0.635. The topological polar surface area (TPSA) is 134 Å². The number of carbonyl (C=O) groups excluding carboxylic acids is 4. The molecule has 0 aromatic heterocycles. The average Bonchev–Trinajstić information content (AvgIpc) is 2.94. The summed E-state index contributed by atoms with van der Waals surface area (Å²) in [6.45, 7) is 15.1. The predicted molar refractivity (Wildman–Crippen MR) is 169 cm³/mol. The maximum absolute atomic E-state index is 14.2. The second kappa shape index (κ2) is 16.0. The van der Waals surface area contributed by atoms with Crippen LogP contribution in [0.4, 0.5) is 4.79 Å². The first-order valence-corrected chi connectivity index (χ1v) is 14.8. The van der Waals surface area contributed by atoms with Crippen LogP contribution >= 0.6 is 0 Å². The number of aliphatic hydroxyl groups is 1. The molecule has 44 heavy (non-hydrogen) atoms. The number of nitrogens with one attached hydrogen (secondary N) is 2. The molecule has 0 saturated carbocycles. The molecule has 0 saturated heterocycles. The van der Waals surface area contributed by atoms with Crippen molar-refractivity contribution in [2.24, 2.45) is 0 Å². The third kappa shape index (κ3) is 11.5. The first-order valence-electron chi connectivity index (χ1n) is 14.8. The molecule has 10 nitrogen and oxygen atoms in total. The summed E-state index contributed by atoms with van der Waals surface area (Å²) in [5, 5.41) is 15.3. The van der Waals surface area contributed by atoms with Crippen molar-refractivity contribution in [3.8, 4) is 0 Å². The standard InChI is InChI=1S/C34H47N3O7/c1-9-20-37(30(40)27(22-38)36-32(42)44-34(6,7)8)28(25-18-16-23(10-2)17-19-25)29(39)35-26(31(41)43-33(3,4)5)21-24-14-12-11-13-15-24/h9,11-19,26-28,38H,1,10,20-22H2,2-8H3,(H,35,39)(H,36,42). The molecule has 2 aromatic rings. The van der Waals surface area contributed by atoms with Crippen LogP contribution < -0.4 is 10.6 Å². The third-order valence-electron chi connectivity index (χ3n) is 6.33. The van der Waals surface area contributed by atoms with Gasteiger partial charge in [-0.2, -0.15) is 0 Å². The lowest BCUT2D eigenvalue weighted by Gasteiger charge is -2.34. The highest BCUT2D eigenvalue weighted by atomic mass is 16.6. The quantitative estimate of drug-likeness (QED) is 0.228. The summed E-state index contributed by atoms with van der Waals surface area (Å²) in [7, 11) is 0. The van der Waals surface area contributed by atoms with Crippen molar-refractivity contribution in [1.29, 1.82) is 0 Å². The van der Waals surface area contributed by atoms with Crippen LogP contribution in [0.2, 0.25) is 0 Å². The number of alkyl carbamates (subject to hydrolysis) is 1. The van der Waals surface area contributed by atoms with E-state index >= 15 is 0 Å². The van der Waals surface area contributed by atoms with Gasteiger partial charge in [-0.1, -0.05) is 67.6 Å². The number of aliphatic hydroxyl groups excluding tert-OH is 1. The smallest absolute Gasteiger partial charge is 0.408 e. The van der Waals surface area contributed by atoms with Crippen LogP contribution in [0.3, 0.4) is 0 Å². The number of hydrogen-bond acceptors (Lipinski definition) is 7. The van der Waals surface area contributed by atoms with Crippen LogP contribution in [0.25, 0.3) is 0 Å². The van der Waals surface area contributed by atoms with E-state index < -0.39 is 59.8 Å². The fraction of sp³-hybridized carbons (Fsp3) is 0.471. The van der Waals surface area contributed by atoms with E-state index in [0.29, 0.717) is 5.56 Å². The minimum atomic E-state index is -1.42. The highest BCUT2D eigenvalue weighted by Gasteiger charge is 2.37. The Morgan fingerprint density at radius 3 is 1.95 bits per heavy atom. The van der Waals surface area contributed by atoms with Gasteiger partial charge < -0.3 is 30.1 Å². The van der Waals surface area contributed by atoms with E-state index in [1.54, 1.807) is 53.7 Å². The molecule has 0 aliphatic heterocycles. The molecule has 0 radical (unpaired) electrons. The zero-order chi connectivity index (χ0) is 33.1. The number of hydrogen-bond donors (Lipinski definition) is 3. The molecule has 2 rings (SSSR count). The second-order valence-electron chi connectivity index (χ2n) is 12.4. The first-order chi connectivity index (χ1) is 20.6. The van der Waals surface area contributed by atoms with E-state index in [1.807, 2.05) is 49.4 Å². The normalized spacial score (nSPS) is 13.5. The van der Waals surface area contributed by atoms with Crippen molar-refractivity contribution in [1.82, 2.24) is 15.5 Å². The lowest BCUT2D eigenvalue weighted by molar-refractivity contribution is -0.159. The SMILES string of the molecule is C=CCN(C(=O)C(CO)NC(=O)OC(C)(C)C)C(C(=O)NC(Cc1ccccc1)C(=O)OC(C)(C)C)c1ccc(CC)cc1. The number of aryl methyl sites for hydroxylation is 1. The third-order valence-corrected chi connectivity index (χ3v) is 6.33. The van der Waals surface area contributed by atoms with Crippen molar-refractivity contribution in [2.45, 2.75) is 90.6 Å². The maximum Gasteiger partial charge on any atom is 0.408 e. The Hall–Kier alpha value is -4.18. The van der Waals surface area contributed by atoms with E-state index in [0.717, 1.165) is 17.5 Å². The molecule has 0 aliphatic rings. The summed E-state index contributed by atoms with van der Waals surface area (Å²) in [6.07, 6.45) is 1.45. The van der Waals surface area contributed by atoms with E-state index in [4.69, 9.17) is 9.47 Å². The second-order valence-corrected chi connectivity index (χ2v) is 12.4. The Bertz CT molecular complexity index is 1260. The number of benzene rings is 2. The molecule has 0 aliphatic carbocycles. The van der Waals surface area contributed by atoms with Gasteiger partial charge in [0.1, 0.15) is 29.3 Å². The maximum atomic E-state index is 14.2. The van der Waals surface area contributed by atoms with E-state index in [2.05, 4.69) is 17.2 Å². The Morgan fingerprint density at radius 1 is 0.864 bits per heavy atom. The van der Waals surface area contributed by atoms with E-state index in [9.17, 15) is 24.3 Å². The molecule has 10 heteroatoms. The van der Waals surface area contributed by atoms with Crippen LogP contribution in [-0.2, 0) is 36.7 Å². The van der Waals surface area contributed by atoms with Crippen LogP contribution in [0.1, 0.15) is 71.2 Å². The molecule has 3 N–H and O–H groups in total. The fourth-order valence-corrected chi connectivity index (χ4v) is 4.37. The lowest BCUT2D eigenvalue weighted by Crippen LogP contribution is -2.56. The summed E-state index contributed by atoms with van der Waals surface area (Å²) in [6, 6.07) is 12.6. The highest BCUT2D eigenvalue weighted by Crippen LogP contribution is 2.24. The Labute approximate surface area is 260 Å². The van der Waals surface area contributed by atoms with Crippen molar-refractivity contribution >= 4 is 23.9 Å².